The Balaban J connectivity index is 1.84. The molecule has 0 aliphatic rings. The molecule has 0 fully saturated rings. The summed E-state index contributed by atoms with van der Waals surface area (Å²) in [6, 6.07) is 28.4. The van der Waals surface area contributed by atoms with Gasteiger partial charge in [0.15, 0.2) is 0 Å². The van der Waals surface area contributed by atoms with E-state index in [1.165, 1.54) is 11.1 Å². The van der Waals surface area contributed by atoms with Gasteiger partial charge in [0.25, 0.3) is 0 Å². The second-order valence-corrected chi connectivity index (χ2v) is 9.79. The third-order valence-corrected chi connectivity index (χ3v) is 7.26. The molecule has 0 N–H and O–H groups in total. The molecule has 5 heteroatoms. The lowest BCUT2D eigenvalue weighted by molar-refractivity contribution is 0.564. The van der Waals surface area contributed by atoms with Crippen molar-refractivity contribution in [2.24, 2.45) is 9.98 Å². The molecule has 0 bridgehead atoms. The molecule has 0 spiro atoms. The highest BCUT2D eigenvalue weighted by Crippen LogP contribution is 2.44. The van der Waals surface area contributed by atoms with Crippen LogP contribution in [0.2, 0.25) is 0 Å². The van der Waals surface area contributed by atoms with Gasteiger partial charge in [-0.25, -0.2) is 9.59 Å². The van der Waals surface area contributed by atoms with Crippen molar-refractivity contribution < 1.29 is 9.59 Å². The maximum Gasteiger partial charge on any atom is 0.240 e. The Bertz CT molecular complexity index is 1390. The zero-order chi connectivity index (χ0) is 26.0. The van der Waals surface area contributed by atoms with E-state index in [9.17, 15) is 9.59 Å². The van der Waals surface area contributed by atoms with Gasteiger partial charge in [-0.05, 0) is 71.5 Å². The Morgan fingerprint density at radius 2 is 1.03 bits per heavy atom. The van der Waals surface area contributed by atoms with E-state index < -0.39 is 0 Å². The Morgan fingerprint density at radius 1 is 0.595 bits per heavy atom. The van der Waals surface area contributed by atoms with Crippen molar-refractivity contribution >= 4 is 35.3 Å². The lowest BCUT2D eigenvalue weighted by Crippen LogP contribution is -1.90. The van der Waals surface area contributed by atoms with Crippen molar-refractivity contribution in [3.05, 3.63) is 96.1 Å². The molecule has 4 aromatic carbocycles. The van der Waals surface area contributed by atoms with Gasteiger partial charge in [0.05, 0.1) is 11.4 Å². The van der Waals surface area contributed by atoms with Crippen molar-refractivity contribution in [2.45, 2.75) is 49.3 Å². The fourth-order valence-electron chi connectivity index (χ4n) is 4.45. The number of hydrogen-bond acceptors (Lipinski definition) is 5. The highest BCUT2D eigenvalue weighted by atomic mass is 32.2. The first-order chi connectivity index (χ1) is 18.2. The maximum atomic E-state index is 11.2. The van der Waals surface area contributed by atoms with Crippen LogP contribution in [0.4, 0.5) is 11.4 Å². The van der Waals surface area contributed by atoms with Crippen molar-refractivity contribution in [1.29, 1.82) is 0 Å². The molecule has 4 rings (SSSR count). The molecule has 4 nitrogen and oxygen atoms in total. The quantitative estimate of drug-likeness (QED) is 0.160. The number of hydrogen-bond donors (Lipinski definition) is 0. The van der Waals surface area contributed by atoms with Crippen LogP contribution in [0.3, 0.4) is 0 Å². The number of aryl methyl sites for hydroxylation is 2. The number of benzene rings is 4. The minimum Gasteiger partial charge on any atom is -0.211 e. The number of isocyanates is 2. The van der Waals surface area contributed by atoms with Gasteiger partial charge < -0.3 is 0 Å². The molecular formula is C32H28N2O2S. The smallest absolute Gasteiger partial charge is 0.211 e. The van der Waals surface area contributed by atoms with Gasteiger partial charge in [0.1, 0.15) is 0 Å². The van der Waals surface area contributed by atoms with Gasteiger partial charge in [0, 0.05) is 20.9 Å². The molecule has 0 aliphatic heterocycles. The standard InChI is InChI=1S/C32H28N2O2S/c1-3-9-23-15-17-29(33-21-35)27(19-23)25-11-5-7-13-31(25)37-32-14-8-6-12-26(32)28-20-24(10-4-2)16-18-30(28)34-22-36/h5-8,11-20H,3-4,9-10H2,1-2H3. The number of aliphatic imine (C=N–C) groups is 2. The van der Waals surface area contributed by atoms with Crippen molar-refractivity contribution in [2.75, 3.05) is 0 Å². The van der Waals surface area contributed by atoms with Crippen LogP contribution in [0.5, 0.6) is 0 Å². The lowest BCUT2D eigenvalue weighted by atomic mass is 9.99. The summed E-state index contributed by atoms with van der Waals surface area (Å²) >= 11 is 1.64. The minimum atomic E-state index is 0.603. The minimum absolute atomic E-state index is 0.603. The Morgan fingerprint density at radius 3 is 1.43 bits per heavy atom. The first-order valence-corrected chi connectivity index (χ1v) is 13.3. The Labute approximate surface area is 222 Å². The molecule has 0 radical (unpaired) electrons. The molecule has 0 aromatic heterocycles. The first kappa shape index (κ1) is 26.1. The number of carbonyl (C=O) groups excluding carboxylic acids is 2. The second-order valence-electron chi connectivity index (χ2n) is 8.70. The first-order valence-electron chi connectivity index (χ1n) is 12.5. The fourth-order valence-corrected chi connectivity index (χ4v) is 5.56. The summed E-state index contributed by atoms with van der Waals surface area (Å²) in [6.07, 6.45) is 7.37. The average Bonchev–Trinajstić information content (AvgIpc) is 2.92. The largest absolute Gasteiger partial charge is 0.240 e. The van der Waals surface area contributed by atoms with Crippen LogP contribution in [-0.4, -0.2) is 12.2 Å². The summed E-state index contributed by atoms with van der Waals surface area (Å²) in [7, 11) is 0. The van der Waals surface area contributed by atoms with Crippen LogP contribution < -0.4 is 0 Å². The molecular weight excluding hydrogens is 476 g/mol. The van der Waals surface area contributed by atoms with Crippen LogP contribution in [0.25, 0.3) is 22.3 Å². The van der Waals surface area contributed by atoms with Crippen LogP contribution >= 0.6 is 11.8 Å². The monoisotopic (exact) mass is 504 g/mol. The molecule has 0 heterocycles. The van der Waals surface area contributed by atoms with Gasteiger partial charge in [-0.15, -0.1) is 0 Å². The third-order valence-electron chi connectivity index (χ3n) is 6.11. The third kappa shape index (κ3) is 6.22. The molecule has 0 amide bonds. The Hall–Kier alpha value is -4.01. The van der Waals surface area contributed by atoms with Gasteiger partial charge >= 0.3 is 0 Å². The molecule has 4 aromatic rings. The van der Waals surface area contributed by atoms with Gasteiger partial charge in [-0.2, -0.15) is 9.98 Å². The van der Waals surface area contributed by atoms with Crippen LogP contribution in [-0.2, 0) is 22.4 Å². The zero-order valence-electron chi connectivity index (χ0n) is 21.0. The summed E-state index contributed by atoms with van der Waals surface area (Å²) < 4.78 is 0. The normalized spacial score (nSPS) is 10.4. The summed E-state index contributed by atoms with van der Waals surface area (Å²) in [4.78, 5) is 32.4. The number of nitrogens with zero attached hydrogens (tertiary/aromatic N) is 2. The van der Waals surface area contributed by atoms with Crippen molar-refractivity contribution in [1.82, 2.24) is 0 Å². The molecule has 0 aliphatic carbocycles. The van der Waals surface area contributed by atoms with Gasteiger partial charge in [-0.3, -0.25) is 0 Å². The van der Waals surface area contributed by atoms with Gasteiger partial charge in [0.2, 0.25) is 12.2 Å². The van der Waals surface area contributed by atoms with Gasteiger partial charge in [-0.1, -0.05) is 87.0 Å². The molecule has 0 saturated carbocycles. The summed E-state index contributed by atoms with van der Waals surface area (Å²) in [5.74, 6) is 0. The van der Waals surface area contributed by atoms with E-state index in [0.717, 1.165) is 57.7 Å². The van der Waals surface area contributed by atoms with E-state index in [4.69, 9.17) is 0 Å². The van der Waals surface area contributed by atoms with E-state index >= 15 is 0 Å². The van der Waals surface area contributed by atoms with E-state index in [1.807, 2.05) is 48.5 Å². The van der Waals surface area contributed by atoms with E-state index in [1.54, 1.807) is 23.9 Å². The van der Waals surface area contributed by atoms with Crippen molar-refractivity contribution in [3.8, 4) is 22.3 Å². The average molecular weight is 505 g/mol. The summed E-state index contributed by atoms with van der Waals surface area (Å²) in [5, 5.41) is 0. The van der Waals surface area contributed by atoms with Crippen LogP contribution in [0, 0.1) is 0 Å². The summed E-state index contributed by atoms with van der Waals surface area (Å²) in [5.41, 5.74) is 7.42. The molecule has 37 heavy (non-hydrogen) atoms. The molecule has 0 unspecified atom stereocenters. The van der Waals surface area contributed by atoms with E-state index in [2.05, 4.69) is 60.2 Å². The number of rotatable bonds is 10. The highest BCUT2D eigenvalue weighted by Gasteiger charge is 2.16. The fraction of sp³-hybridized carbons (Fsp3) is 0.188. The molecule has 184 valence electrons. The van der Waals surface area contributed by atoms with E-state index in [0.29, 0.717) is 11.4 Å². The lowest BCUT2D eigenvalue weighted by Gasteiger charge is -2.16. The highest BCUT2D eigenvalue weighted by molar-refractivity contribution is 7.99. The zero-order valence-corrected chi connectivity index (χ0v) is 21.8. The topological polar surface area (TPSA) is 58.9 Å². The van der Waals surface area contributed by atoms with E-state index in [-0.39, 0.29) is 0 Å². The molecule has 0 saturated heterocycles. The maximum absolute atomic E-state index is 11.2. The van der Waals surface area contributed by atoms with Crippen LogP contribution in [0.15, 0.2) is 105 Å². The predicted molar refractivity (Wildman–Crippen MR) is 151 cm³/mol. The SMILES string of the molecule is CCCc1ccc(N=C=O)c(-c2ccccc2Sc2ccccc2-c2cc(CCC)ccc2N=C=O)c1. The van der Waals surface area contributed by atoms with Crippen molar-refractivity contribution in [3.63, 3.8) is 0 Å². The predicted octanol–water partition coefficient (Wildman–Crippen LogP) is 9.01. The second kappa shape index (κ2) is 12.8. The summed E-state index contributed by atoms with van der Waals surface area (Å²) in [6.45, 7) is 4.30. The van der Waals surface area contributed by atoms with Crippen LogP contribution in [0.1, 0.15) is 37.8 Å². The molecule has 0 atom stereocenters. The Kier molecular flexibility index (Phi) is 9.02.